The minimum Gasteiger partial charge on any atom is -0.463 e. The van der Waals surface area contributed by atoms with Crippen molar-refractivity contribution in [3.63, 3.8) is 0 Å². The number of ketones is 1. The molecule has 2 aliphatic rings. The predicted octanol–water partition coefficient (Wildman–Crippen LogP) is 2.40. The number of hydrogen-bond acceptors (Lipinski definition) is 3. The first-order valence-corrected chi connectivity index (χ1v) is 6.10. The van der Waals surface area contributed by atoms with Gasteiger partial charge in [0.1, 0.15) is 5.78 Å². The standard InChI is InChI=1S/C13H18O3/c1-2-16-12(15)10-6-8-13(9-10)7-4-3-5-11(13)14/h9H,2-8H2,1H3. The molecule has 3 heteroatoms. The second-order valence-electron chi connectivity index (χ2n) is 4.68. The number of rotatable bonds is 2. The van der Waals surface area contributed by atoms with E-state index >= 15 is 0 Å². The third-order valence-corrected chi connectivity index (χ3v) is 3.66. The maximum Gasteiger partial charge on any atom is 0.333 e. The summed E-state index contributed by atoms with van der Waals surface area (Å²) in [6, 6.07) is 0. The first-order chi connectivity index (χ1) is 7.68. The van der Waals surface area contributed by atoms with E-state index in [-0.39, 0.29) is 11.4 Å². The van der Waals surface area contributed by atoms with Crippen LogP contribution in [0.15, 0.2) is 11.6 Å². The molecule has 0 aliphatic heterocycles. The van der Waals surface area contributed by atoms with E-state index in [0.717, 1.165) is 25.7 Å². The Morgan fingerprint density at radius 2 is 2.19 bits per heavy atom. The van der Waals surface area contributed by atoms with Gasteiger partial charge in [0.25, 0.3) is 0 Å². The zero-order chi connectivity index (χ0) is 11.6. The van der Waals surface area contributed by atoms with E-state index in [9.17, 15) is 9.59 Å². The summed E-state index contributed by atoms with van der Waals surface area (Å²) < 4.78 is 4.98. The van der Waals surface area contributed by atoms with Gasteiger partial charge >= 0.3 is 5.97 Å². The lowest BCUT2D eigenvalue weighted by molar-refractivity contribution is -0.138. The van der Waals surface area contributed by atoms with E-state index in [1.54, 1.807) is 6.92 Å². The van der Waals surface area contributed by atoms with Gasteiger partial charge in [-0.15, -0.1) is 0 Å². The minimum atomic E-state index is -0.319. The first kappa shape index (κ1) is 11.4. The average Bonchev–Trinajstić information content (AvgIpc) is 2.69. The Bertz CT molecular complexity index is 343. The van der Waals surface area contributed by atoms with Crippen molar-refractivity contribution < 1.29 is 14.3 Å². The highest BCUT2D eigenvalue weighted by atomic mass is 16.5. The monoisotopic (exact) mass is 222 g/mol. The van der Waals surface area contributed by atoms with Crippen LogP contribution in [0, 0.1) is 5.41 Å². The molecule has 0 aromatic heterocycles. The Balaban J connectivity index is 2.14. The lowest BCUT2D eigenvalue weighted by Gasteiger charge is -2.29. The topological polar surface area (TPSA) is 43.4 Å². The largest absolute Gasteiger partial charge is 0.463 e. The highest BCUT2D eigenvalue weighted by molar-refractivity contribution is 5.94. The van der Waals surface area contributed by atoms with Crippen LogP contribution in [0.25, 0.3) is 0 Å². The van der Waals surface area contributed by atoms with Crippen molar-refractivity contribution >= 4 is 11.8 Å². The van der Waals surface area contributed by atoms with Gasteiger partial charge in [-0.1, -0.05) is 12.5 Å². The first-order valence-electron chi connectivity index (χ1n) is 6.10. The molecule has 1 unspecified atom stereocenters. The van der Waals surface area contributed by atoms with Crippen molar-refractivity contribution in [2.75, 3.05) is 6.61 Å². The lowest BCUT2D eigenvalue weighted by Crippen LogP contribution is -2.30. The van der Waals surface area contributed by atoms with Gasteiger partial charge in [0.05, 0.1) is 6.61 Å². The summed E-state index contributed by atoms with van der Waals surface area (Å²) in [5.41, 5.74) is 0.387. The van der Waals surface area contributed by atoms with Crippen LogP contribution in [0.4, 0.5) is 0 Å². The number of Topliss-reactive ketones (excluding diaryl/α,β-unsaturated/α-hetero) is 1. The molecule has 1 fully saturated rings. The highest BCUT2D eigenvalue weighted by Gasteiger charge is 2.42. The summed E-state index contributed by atoms with van der Waals surface area (Å²) in [6.07, 6.45) is 7.08. The van der Waals surface area contributed by atoms with Crippen LogP contribution < -0.4 is 0 Å². The average molecular weight is 222 g/mol. The fourth-order valence-electron chi connectivity index (χ4n) is 2.75. The van der Waals surface area contributed by atoms with Gasteiger partial charge in [-0.05, 0) is 32.6 Å². The van der Waals surface area contributed by atoms with Crippen molar-refractivity contribution in [1.29, 1.82) is 0 Å². The van der Waals surface area contributed by atoms with Crippen molar-refractivity contribution in [2.24, 2.45) is 5.41 Å². The molecular weight excluding hydrogens is 204 g/mol. The normalized spacial score (nSPS) is 29.3. The summed E-state index contributed by atoms with van der Waals surface area (Å²) in [5.74, 6) is 0.0794. The molecule has 2 rings (SSSR count). The van der Waals surface area contributed by atoms with Gasteiger partial charge in [-0.3, -0.25) is 4.79 Å². The number of hydrogen-bond donors (Lipinski definition) is 0. The third kappa shape index (κ3) is 1.91. The number of allylic oxidation sites excluding steroid dienone is 1. The van der Waals surface area contributed by atoms with Crippen LogP contribution in [0.5, 0.6) is 0 Å². The van der Waals surface area contributed by atoms with Gasteiger partial charge < -0.3 is 4.74 Å². The van der Waals surface area contributed by atoms with E-state index in [0.29, 0.717) is 30.8 Å². The highest BCUT2D eigenvalue weighted by Crippen LogP contribution is 2.45. The Morgan fingerprint density at radius 1 is 1.38 bits per heavy atom. The van der Waals surface area contributed by atoms with Crippen LogP contribution in [0.3, 0.4) is 0 Å². The molecule has 3 nitrogen and oxygen atoms in total. The molecule has 2 aliphatic carbocycles. The number of ether oxygens (including phenoxy) is 1. The van der Waals surface area contributed by atoms with E-state index in [4.69, 9.17) is 4.74 Å². The second kappa shape index (κ2) is 4.40. The van der Waals surface area contributed by atoms with Gasteiger partial charge in [-0.25, -0.2) is 4.79 Å². The number of carbonyl (C=O) groups excluding carboxylic acids is 2. The molecule has 0 amide bonds. The molecule has 0 bridgehead atoms. The smallest absolute Gasteiger partial charge is 0.333 e. The molecule has 0 aromatic carbocycles. The Labute approximate surface area is 95.9 Å². The summed E-state index contributed by atoms with van der Waals surface area (Å²) in [7, 11) is 0. The van der Waals surface area contributed by atoms with Crippen molar-refractivity contribution in [1.82, 2.24) is 0 Å². The molecular formula is C13H18O3. The van der Waals surface area contributed by atoms with Crippen molar-refractivity contribution in [3.05, 3.63) is 11.6 Å². The predicted molar refractivity (Wildman–Crippen MR) is 59.9 cm³/mol. The molecule has 0 aromatic rings. The van der Waals surface area contributed by atoms with Gasteiger partial charge in [-0.2, -0.15) is 0 Å². The fraction of sp³-hybridized carbons (Fsp3) is 0.692. The minimum absolute atomic E-state index is 0.238. The third-order valence-electron chi connectivity index (χ3n) is 3.66. The zero-order valence-electron chi connectivity index (χ0n) is 9.75. The van der Waals surface area contributed by atoms with Gasteiger partial charge in [0.15, 0.2) is 0 Å². The van der Waals surface area contributed by atoms with Gasteiger partial charge in [0.2, 0.25) is 0 Å². The molecule has 1 atom stereocenters. The number of carbonyl (C=O) groups is 2. The van der Waals surface area contributed by atoms with E-state index in [2.05, 4.69) is 0 Å². The zero-order valence-corrected chi connectivity index (χ0v) is 9.75. The van der Waals surface area contributed by atoms with E-state index in [1.165, 1.54) is 0 Å². The van der Waals surface area contributed by atoms with Crippen LogP contribution in [0.2, 0.25) is 0 Å². The van der Waals surface area contributed by atoms with Crippen LogP contribution in [-0.4, -0.2) is 18.4 Å². The van der Waals surface area contributed by atoms with Crippen LogP contribution in [-0.2, 0) is 14.3 Å². The molecule has 1 saturated carbocycles. The summed E-state index contributed by atoms with van der Waals surface area (Å²) in [5, 5.41) is 0. The van der Waals surface area contributed by atoms with Gasteiger partial charge in [0, 0.05) is 17.4 Å². The molecule has 1 spiro atoms. The molecule has 0 heterocycles. The maximum atomic E-state index is 11.9. The maximum absolute atomic E-state index is 11.9. The number of esters is 1. The molecule has 0 N–H and O–H groups in total. The SMILES string of the molecule is CCOC(=O)C1=CC2(CCCCC2=O)CC1. The summed E-state index contributed by atoms with van der Waals surface area (Å²) in [6.45, 7) is 2.20. The van der Waals surface area contributed by atoms with E-state index < -0.39 is 0 Å². The summed E-state index contributed by atoms with van der Waals surface area (Å²) >= 11 is 0. The summed E-state index contributed by atoms with van der Waals surface area (Å²) in [4.78, 5) is 23.5. The molecule has 0 saturated heterocycles. The lowest BCUT2D eigenvalue weighted by atomic mass is 9.73. The van der Waals surface area contributed by atoms with E-state index in [1.807, 2.05) is 6.08 Å². The molecule has 16 heavy (non-hydrogen) atoms. The van der Waals surface area contributed by atoms with Crippen molar-refractivity contribution in [2.45, 2.75) is 45.4 Å². The second-order valence-corrected chi connectivity index (χ2v) is 4.68. The van der Waals surface area contributed by atoms with Crippen LogP contribution >= 0.6 is 0 Å². The fourth-order valence-corrected chi connectivity index (χ4v) is 2.75. The Morgan fingerprint density at radius 3 is 2.88 bits per heavy atom. The molecule has 0 radical (unpaired) electrons. The Hall–Kier alpha value is -1.12. The van der Waals surface area contributed by atoms with Crippen molar-refractivity contribution in [3.8, 4) is 0 Å². The quantitative estimate of drug-likeness (QED) is 0.674. The molecule has 88 valence electrons. The Kier molecular flexibility index (Phi) is 3.13. The van der Waals surface area contributed by atoms with Crippen LogP contribution in [0.1, 0.15) is 45.4 Å².